The SMILES string of the molecule is C[C@H](CNCCCCc1ccccc1)N=[N+]=[N-]. The van der Waals surface area contributed by atoms with Crippen LogP contribution < -0.4 is 5.32 Å². The number of benzene rings is 1. The van der Waals surface area contributed by atoms with Crippen LogP contribution in [0.25, 0.3) is 10.4 Å². The van der Waals surface area contributed by atoms with Gasteiger partial charge in [-0.3, -0.25) is 0 Å². The predicted octanol–water partition coefficient (Wildman–Crippen LogP) is 3.30. The second-order valence-electron chi connectivity index (χ2n) is 4.20. The number of nitrogens with one attached hydrogen (secondary N) is 1. The van der Waals surface area contributed by atoms with E-state index in [1.54, 1.807) is 0 Å². The van der Waals surface area contributed by atoms with E-state index in [9.17, 15) is 0 Å². The summed E-state index contributed by atoms with van der Waals surface area (Å²) in [6.45, 7) is 3.66. The highest BCUT2D eigenvalue weighted by Crippen LogP contribution is 2.03. The van der Waals surface area contributed by atoms with Gasteiger partial charge in [-0.2, -0.15) is 0 Å². The van der Waals surface area contributed by atoms with Gasteiger partial charge in [0.1, 0.15) is 0 Å². The third-order valence-electron chi connectivity index (χ3n) is 2.60. The molecule has 4 heteroatoms. The number of hydrogen-bond acceptors (Lipinski definition) is 2. The Balaban J connectivity index is 2.00. The van der Waals surface area contributed by atoms with Crippen molar-refractivity contribution < 1.29 is 0 Å². The van der Waals surface area contributed by atoms with E-state index in [1.165, 1.54) is 12.0 Å². The highest BCUT2D eigenvalue weighted by molar-refractivity contribution is 5.14. The van der Waals surface area contributed by atoms with Crippen LogP contribution in [0.1, 0.15) is 25.3 Å². The second-order valence-corrected chi connectivity index (χ2v) is 4.20. The zero-order valence-electron chi connectivity index (χ0n) is 10.3. The lowest BCUT2D eigenvalue weighted by Crippen LogP contribution is -2.24. The molecule has 0 heterocycles. The molecule has 0 aromatic heterocycles. The minimum atomic E-state index is 0.0362. The number of azide groups is 1. The first-order valence-electron chi connectivity index (χ1n) is 6.12. The van der Waals surface area contributed by atoms with Crippen LogP contribution in [0, 0.1) is 0 Å². The summed E-state index contributed by atoms with van der Waals surface area (Å²) >= 11 is 0. The standard InChI is InChI=1S/C13H20N4/c1-12(16-17-14)11-15-10-6-5-9-13-7-3-2-4-8-13/h2-4,7-8,12,15H,5-6,9-11H2,1H3/t12-/m1/s1. The molecule has 1 aromatic rings. The van der Waals surface area contributed by atoms with Gasteiger partial charge in [0, 0.05) is 17.5 Å². The normalized spacial score (nSPS) is 11.8. The third-order valence-corrected chi connectivity index (χ3v) is 2.60. The van der Waals surface area contributed by atoms with Gasteiger partial charge >= 0.3 is 0 Å². The summed E-state index contributed by atoms with van der Waals surface area (Å²) in [7, 11) is 0. The Morgan fingerprint density at radius 1 is 1.29 bits per heavy atom. The Labute approximate surface area is 103 Å². The van der Waals surface area contributed by atoms with Crippen molar-refractivity contribution in [3.8, 4) is 0 Å². The smallest absolute Gasteiger partial charge is 0.0470 e. The first-order chi connectivity index (χ1) is 8.33. The summed E-state index contributed by atoms with van der Waals surface area (Å²) in [5.41, 5.74) is 9.63. The molecule has 92 valence electrons. The van der Waals surface area contributed by atoms with E-state index < -0.39 is 0 Å². The van der Waals surface area contributed by atoms with Crippen molar-refractivity contribution in [1.82, 2.24) is 5.32 Å². The maximum Gasteiger partial charge on any atom is 0.0470 e. The quantitative estimate of drug-likeness (QED) is 0.318. The average Bonchev–Trinajstić information content (AvgIpc) is 2.35. The van der Waals surface area contributed by atoms with Crippen molar-refractivity contribution in [1.29, 1.82) is 0 Å². The molecule has 1 rings (SSSR count). The first kappa shape index (κ1) is 13.6. The predicted molar refractivity (Wildman–Crippen MR) is 70.9 cm³/mol. The van der Waals surface area contributed by atoms with Crippen LogP contribution in [0.5, 0.6) is 0 Å². The van der Waals surface area contributed by atoms with E-state index in [4.69, 9.17) is 5.53 Å². The first-order valence-corrected chi connectivity index (χ1v) is 6.12. The lowest BCUT2D eigenvalue weighted by atomic mass is 10.1. The van der Waals surface area contributed by atoms with Crippen molar-refractivity contribution >= 4 is 0 Å². The summed E-state index contributed by atoms with van der Waals surface area (Å²) in [6, 6.07) is 10.6. The minimum Gasteiger partial charge on any atom is -0.316 e. The molecule has 0 unspecified atom stereocenters. The van der Waals surface area contributed by atoms with Crippen LogP contribution in [0.4, 0.5) is 0 Å². The lowest BCUT2D eigenvalue weighted by Gasteiger charge is -2.06. The van der Waals surface area contributed by atoms with E-state index in [0.29, 0.717) is 0 Å². The number of aryl methyl sites for hydroxylation is 1. The molecule has 0 aliphatic rings. The van der Waals surface area contributed by atoms with Crippen LogP contribution >= 0.6 is 0 Å². The molecule has 0 aliphatic heterocycles. The Morgan fingerprint density at radius 3 is 2.76 bits per heavy atom. The highest BCUT2D eigenvalue weighted by atomic mass is 15.2. The second kappa shape index (κ2) is 8.62. The zero-order chi connectivity index (χ0) is 12.3. The van der Waals surface area contributed by atoms with Gasteiger partial charge in [-0.25, -0.2) is 0 Å². The van der Waals surface area contributed by atoms with Gasteiger partial charge in [0.25, 0.3) is 0 Å². The number of nitrogens with zero attached hydrogens (tertiary/aromatic N) is 3. The molecule has 0 radical (unpaired) electrons. The molecule has 1 aromatic carbocycles. The molecule has 0 aliphatic carbocycles. The Morgan fingerprint density at radius 2 is 2.06 bits per heavy atom. The molecule has 0 spiro atoms. The number of unbranched alkanes of at least 4 members (excludes halogenated alkanes) is 1. The average molecular weight is 232 g/mol. The van der Waals surface area contributed by atoms with Crippen molar-refractivity contribution in [2.45, 2.75) is 32.2 Å². The van der Waals surface area contributed by atoms with Gasteiger partial charge in [-0.05, 0) is 36.9 Å². The third kappa shape index (κ3) is 6.61. The van der Waals surface area contributed by atoms with Crippen molar-refractivity contribution in [3.05, 3.63) is 46.3 Å². The fourth-order valence-electron chi connectivity index (χ4n) is 1.66. The van der Waals surface area contributed by atoms with E-state index in [-0.39, 0.29) is 6.04 Å². The summed E-state index contributed by atoms with van der Waals surface area (Å²) < 4.78 is 0. The van der Waals surface area contributed by atoms with Gasteiger partial charge in [0.05, 0.1) is 0 Å². The summed E-state index contributed by atoms with van der Waals surface area (Å²) in [6.07, 6.45) is 3.47. The molecule has 0 amide bonds. The van der Waals surface area contributed by atoms with Gasteiger partial charge < -0.3 is 5.32 Å². The fraction of sp³-hybridized carbons (Fsp3) is 0.538. The van der Waals surface area contributed by atoms with Crippen LogP contribution in [0.15, 0.2) is 35.4 Å². The Bertz CT molecular complexity index is 344. The summed E-state index contributed by atoms with van der Waals surface area (Å²) in [5, 5.41) is 6.90. The molecule has 0 saturated heterocycles. The number of hydrogen-bond donors (Lipinski definition) is 1. The van der Waals surface area contributed by atoms with Crippen LogP contribution in [-0.2, 0) is 6.42 Å². The lowest BCUT2D eigenvalue weighted by molar-refractivity contribution is 0.576. The van der Waals surface area contributed by atoms with Crippen LogP contribution in [0.3, 0.4) is 0 Å². The van der Waals surface area contributed by atoms with Gasteiger partial charge in [0.2, 0.25) is 0 Å². The monoisotopic (exact) mass is 232 g/mol. The number of rotatable bonds is 8. The van der Waals surface area contributed by atoms with Gasteiger partial charge in [-0.15, -0.1) is 0 Å². The topological polar surface area (TPSA) is 60.8 Å². The molecule has 1 N–H and O–H groups in total. The Kier molecular flexibility index (Phi) is 6.87. The van der Waals surface area contributed by atoms with Crippen LogP contribution in [-0.4, -0.2) is 19.1 Å². The van der Waals surface area contributed by atoms with E-state index in [2.05, 4.69) is 39.6 Å². The van der Waals surface area contributed by atoms with Crippen LogP contribution in [0.2, 0.25) is 0 Å². The molecule has 0 saturated carbocycles. The maximum atomic E-state index is 8.23. The minimum absolute atomic E-state index is 0.0362. The van der Waals surface area contributed by atoms with E-state index in [0.717, 1.165) is 25.9 Å². The molecular weight excluding hydrogens is 212 g/mol. The molecule has 0 bridgehead atoms. The Hall–Kier alpha value is -1.51. The zero-order valence-corrected chi connectivity index (χ0v) is 10.3. The van der Waals surface area contributed by atoms with E-state index in [1.807, 2.05) is 13.0 Å². The largest absolute Gasteiger partial charge is 0.316 e. The fourth-order valence-corrected chi connectivity index (χ4v) is 1.66. The molecule has 0 fully saturated rings. The van der Waals surface area contributed by atoms with Crippen molar-refractivity contribution in [3.63, 3.8) is 0 Å². The highest BCUT2D eigenvalue weighted by Gasteiger charge is 1.97. The van der Waals surface area contributed by atoms with Gasteiger partial charge in [0.15, 0.2) is 0 Å². The molecule has 1 atom stereocenters. The van der Waals surface area contributed by atoms with E-state index >= 15 is 0 Å². The molecule has 4 nitrogen and oxygen atoms in total. The molecule has 17 heavy (non-hydrogen) atoms. The summed E-state index contributed by atoms with van der Waals surface area (Å²) in [4.78, 5) is 2.78. The molecular formula is C13H20N4. The van der Waals surface area contributed by atoms with Crippen molar-refractivity contribution in [2.24, 2.45) is 5.11 Å². The van der Waals surface area contributed by atoms with Crippen molar-refractivity contribution in [2.75, 3.05) is 13.1 Å². The summed E-state index contributed by atoms with van der Waals surface area (Å²) in [5.74, 6) is 0. The maximum absolute atomic E-state index is 8.23. The van der Waals surface area contributed by atoms with Gasteiger partial charge in [-0.1, -0.05) is 42.4 Å².